The lowest BCUT2D eigenvalue weighted by molar-refractivity contribution is 0.0916. The van der Waals surface area contributed by atoms with Gasteiger partial charge >= 0.3 is 0 Å². The fraction of sp³-hybridized carbons (Fsp3) is 1.00. The lowest BCUT2D eigenvalue weighted by Crippen LogP contribution is -2.42. The van der Waals surface area contributed by atoms with Crippen molar-refractivity contribution >= 4 is 10.0 Å². The fourth-order valence-electron chi connectivity index (χ4n) is 2.20. The third-order valence-corrected chi connectivity index (χ3v) is 4.59. The zero-order valence-corrected chi connectivity index (χ0v) is 11.6. The predicted molar refractivity (Wildman–Crippen MR) is 68.5 cm³/mol. The molecule has 0 amide bonds. The van der Waals surface area contributed by atoms with Crippen molar-refractivity contribution in [2.45, 2.75) is 44.8 Å². The van der Waals surface area contributed by atoms with Crippen LogP contribution in [0.3, 0.4) is 0 Å². The zero-order chi connectivity index (χ0) is 12.7. The van der Waals surface area contributed by atoms with Crippen molar-refractivity contribution in [2.75, 3.05) is 26.0 Å². The molecule has 6 heteroatoms. The van der Waals surface area contributed by atoms with Gasteiger partial charge in [-0.15, -0.1) is 0 Å². The van der Waals surface area contributed by atoms with Crippen molar-refractivity contribution in [1.82, 2.24) is 10.0 Å². The van der Waals surface area contributed by atoms with Gasteiger partial charge in [-0.3, -0.25) is 0 Å². The highest BCUT2D eigenvalue weighted by Gasteiger charge is 2.30. The molecule has 2 unspecified atom stereocenters. The van der Waals surface area contributed by atoms with Crippen LogP contribution in [-0.2, 0) is 14.8 Å². The fourth-order valence-corrected chi connectivity index (χ4v) is 3.57. The Hall–Kier alpha value is -0.170. The van der Waals surface area contributed by atoms with Gasteiger partial charge in [0.05, 0.1) is 11.9 Å². The molecule has 2 atom stereocenters. The molecule has 0 aromatic carbocycles. The largest absolute Gasteiger partial charge is 0.380 e. The zero-order valence-electron chi connectivity index (χ0n) is 10.7. The molecule has 2 N–H and O–H groups in total. The van der Waals surface area contributed by atoms with E-state index in [1.807, 2.05) is 6.92 Å². The number of hydrogen-bond acceptors (Lipinski definition) is 4. The molecule has 0 spiro atoms. The Bertz CT molecular complexity index is 306. The first-order valence-electron chi connectivity index (χ1n) is 6.32. The van der Waals surface area contributed by atoms with Crippen LogP contribution in [0.15, 0.2) is 0 Å². The standard InChI is InChI=1S/C11H24N2O3S/c1-3-12-8-5-9-17(14,15)13-10-6-4-7-11(10)16-2/h10-13H,3-9H2,1-2H3. The Kier molecular flexibility index (Phi) is 6.40. The Morgan fingerprint density at radius 1 is 1.35 bits per heavy atom. The van der Waals surface area contributed by atoms with Crippen LogP contribution in [0.1, 0.15) is 32.6 Å². The van der Waals surface area contributed by atoms with Gasteiger partial charge in [0.25, 0.3) is 0 Å². The van der Waals surface area contributed by atoms with Crippen LogP contribution < -0.4 is 10.0 Å². The number of ether oxygens (including phenoxy) is 1. The highest BCUT2D eigenvalue weighted by molar-refractivity contribution is 7.89. The molecular weight excluding hydrogens is 240 g/mol. The molecular formula is C11H24N2O3S. The quantitative estimate of drug-likeness (QED) is 0.626. The molecule has 102 valence electrons. The second-order valence-electron chi connectivity index (χ2n) is 4.46. The average Bonchev–Trinajstić information content (AvgIpc) is 2.71. The maximum absolute atomic E-state index is 11.8. The minimum absolute atomic E-state index is 0.0378. The van der Waals surface area contributed by atoms with Crippen molar-refractivity contribution in [3.05, 3.63) is 0 Å². The Labute approximate surface area is 104 Å². The maximum atomic E-state index is 11.8. The van der Waals surface area contributed by atoms with Crippen LogP contribution in [-0.4, -0.2) is 46.5 Å². The van der Waals surface area contributed by atoms with Gasteiger partial charge in [0.15, 0.2) is 0 Å². The first-order chi connectivity index (χ1) is 8.09. The molecule has 1 aliphatic rings. The summed E-state index contributed by atoms with van der Waals surface area (Å²) in [6.07, 6.45) is 3.54. The van der Waals surface area contributed by atoms with Crippen molar-refractivity contribution in [3.63, 3.8) is 0 Å². The van der Waals surface area contributed by atoms with Gasteiger partial charge in [-0.1, -0.05) is 6.92 Å². The summed E-state index contributed by atoms with van der Waals surface area (Å²) in [6.45, 7) is 3.63. The molecule has 0 heterocycles. The SMILES string of the molecule is CCNCCCS(=O)(=O)NC1CCCC1OC. The number of sulfonamides is 1. The summed E-state index contributed by atoms with van der Waals surface area (Å²) in [5.74, 6) is 0.187. The molecule has 5 nitrogen and oxygen atoms in total. The third-order valence-electron chi connectivity index (χ3n) is 3.10. The lowest BCUT2D eigenvalue weighted by atomic mass is 10.2. The van der Waals surface area contributed by atoms with Crippen LogP contribution in [0, 0.1) is 0 Å². The van der Waals surface area contributed by atoms with Crippen molar-refractivity contribution < 1.29 is 13.2 Å². The van der Waals surface area contributed by atoms with E-state index in [0.29, 0.717) is 6.42 Å². The summed E-state index contributed by atoms with van der Waals surface area (Å²) in [5, 5.41) is 3.12. The predicted octanol–water partition coefficient (Wildman–Crippen LogP) is 0.473. The van der Waals surface area contributed by atoms with E-state index >= 15 is 0 Å². The van der Waals surface area contributed by atoms with E-state index in [9.17, 15) is 8.42 Å². The van der Waals surface area contributed by atoms with Crippen molar-refractivity contribution in [3.8, 4) is 0 Å². The van der Waals surface area contributed by atoms with E-state index in [1.165, 1.54) is 0 Å². The number of nitrogens with one attached hydrogen (secondary N) is 2. The summed E-state index contributed by atoms with van der Waals surface area (Å²) < 4.78 is 31.7. The smallest absolute Gasteiger partial charge is 0.211 e. The summed E-state index contributed by atoms with van der Waals surface area (Å²) >= 11 is 0. The average molecular weight is 264 g/mol. The number of methoxy groups -OCH3 is 1. The molecule has 1 aliphatic carbocycles. The summed E-state index contributed by atoms with van der Waals surface area (Å²) in [7, 11) is -1.52. The van der Waals surface area contributed by atoms with Crippen molar-refractivity contribution in [2.24, 2.45) is 0 Å². The van der Waals surface area contributed by atoms with E-state index in [4.69, 9.17) is 4.74 Å². The van der Waals surface area contributed by atoms with Crippen LogP contribution in [0.2, 0.25) is 0 Å². The molecule has 0 aromatic heterocycles. The summed E-state index contributed by atoms with van der Waals surface area (Å²) in [5.41, 5.74) is 0. The van der Waals surface area contributed by atoms with Gasteiger partial charge in [0, 0.05) is 13.2 Å². The van der Waals surface area contributed by atoms with E-state index < -0.39 is 10.0 Å². The van der Waals surface area contributed by atoms with E-state index in [-0.39, 0.29) is 17.9 Å². The summed E-state index contributed by atoms with van der Waals surface area (Å²) in [4.78, 5) is 0. The third kappa shape index (κ3) is 5.33. The molecule has 0 aliphatic heterocycles. The topological polar surface area (TPSA) is 67.4 Å². The van der Waals surface area contributed by atoms with E-state index in [2.05, 4.69) is 10.0 Å². The molecule has 1 rings (SSSR count). The van der Waals surface area contributed by atoms with Crippen molar-refractivity contribution in [1.29, 1.82) is 0 Å². The first kappa shape index (κ1) is 14.9. The van der Waals surface area contributed by atoms with E-state index in [0.717, 1.165) is 32.4 Å². The molecule has 0 aromatic rings. The number of hydrogen-bond donors (Lipinski definition) is 2. The van der Waals surface area contributed by atoms with Crippen LogP contribution >= 0.6 is 0 Å². The monoisotopic (exact) mass is 264 g/mol. The molecule has 17 heavy (non-hydrogen) atoms. The molecule has 0 radical (unpaired) electrons. The van der Waals surface area contributed by atoms with Gasteiger partial charge in [0.1, 0.15) is 0 Å². The van der Waals surface area contributed by atoms with E-state index in [1.54, 1.807) is 7.11 Å². The summed E-state index contributed by atoms with van der Waals surface area (Å²) in [6, 6.07) is -0.0378. The van der Waals surface area contributed by atoms with Gasteiger partial charge in [0.2, 0.25) is 10.0 Å². The molecule has 1 saturated carbocycles. The maximum Gasteiger partial charge on any atom is 0.211 e. The minimum atomic E-state index is -3.16. The Morgan fingerprint density at radius 2 is 2.12 bits per heavy atom. The van der Waals surface area contributed by atoms with Gasteiger partial charge in [-0.25, -0.2) is 13.1 Å². The first-order valence-corrected chi connectivity index (χ1v) is 7.98. The number of rotatable bonds is 8. The highest BCUT2D eigenvalue weighted by atomic mass is 32.2. The van der Waals surface area contributed by atoms with Gasteiger partial charge < -0.3 is 10.1 Å². The van der Waals surface area contributed by atoms with Gasteiger partial charge in [-0.05, 0) is 38.8 Å². The Balaban J connectivity index is 2.33. The van der Waals surface area contributed by atoms with Gasteiger partial charge in [-0.2, -0.15) is 0 Å². The molecule has 1 fully saturated rings. The highest BCUT2D eigenvalue weighted by Crippen LogP contribution is 2.22. The Morgan fingerprint density at radius 3 is 2.76 bits per heavy atom. The minimum Gasteiger partial charge on any atom is -0.380 e. The van der Waals surface area contributed by atoms with Crippen LogP contribution in [0.4, 0.5) is 0 Å². The second-order valence-corrected chi connectivity index (χ2v) is 6.33. The van der Waals surface area contributed by atoms with Crippen LogP contribution in [0.5, 0.6) is 0 Å². The van der Waals surface area contributed by atoms with Crippen LogP contribution in [0.25, 0.3) is 0 Å². The normalized spacial score (nSPS) is 25.3. The molecule has 0 bridgehead atoms. The second kappa shape index (κ2) is 7.31. The molecule has 0 saturated heterocycles. The lowest BCUT2D eigenvalue weighted by Gasteiger charge is -2.19.